The van der Waals surface area contributed by atoms with Gasteiger partial charge in [0.25, 0.3) is 0 Å². The smallest absolute Gasteiger partial charge is 0.233 e. The Morgan fingerprint density at radius 3 is 2.55 bits per heavy atom. The van der Waals surface area contributed by atoms with E-state index >= 15 is 0 Å². The van der Waals surface area contributed by atoms with E-state index in [2.05, 4.69) is 40.2 Å². The molecule has 1 aromatic carbocycles. The van der Waals surface area contributed by atoms with Gasteiger partial charge in [-0.2, -0.15) is 0 Å². The van der Waals surface area contributed by atoms with Crippen molar-refractivity contribution in [2.75, 3.05) is 20.2 Å². The molecule has 1 unspecified atom stereocenters. The number of rotatable bonds is 4. The Morgan fingerprint density at radius 2 is 2.00 bits per heavy atom. The molecule has 0 saturated carbocycles. The van der Waals surface area contributed by atoms with Crippen molar-refractivity contribution in [2.24, 2.45) is 0 Å². The lowest BCUT2D eigenvalue weighted by molar-refractivity contribution is 0.199. The van der Waals surface area contributed by atoms with Crippen LogP contribution in [0.15, 0.2) is 34.8 Å². The maximum absolute atomic E-state index is 5.54. The zero-order valence-electron chi connectivity index (χ0n) is 13.2. The van der Waals surface area contributed by atoms with Crippen LogP contribution in [0.1, 0.15) is 36.7 Å². The lowest BCUT2D eigenvalue weighted by Gasteiger charge is -2.30. The highest BCUT2D eigenvalue weighted by molar-refractivity contribution is 5.67. The van der Waals surface area contributed by atoms with Gasteiger partial charge in [-0.05, 0) is 36.6 Å². The Kier molecular flexibility index (Phi) is 4.24. The molecule has 5 nitrogen and oxygen atoms in total. The summed E-state index contributed by atoms with van der Waals surface area (Å²) in [4.78, 5) is 2.35. The van der Waals surface area contributed by atoms with Gasteiger partial charge in [0.1, 0.15) is 5.75 Å². The minimum Gasteiger partial charge on any atom is -0.497 e. The Hall–Kier alpha value is -2.14. The number of hydrogen-bond donors (Lipinski definition) is 0. The highest BCUT2D eigenvalue weighted by Crippen LogP contribution is 2.28. The number of nitrogens with zero attached hydrogens (tertiary/aromatic N) is 3. The van der Waals surface area contributed by atoms with Crippen LogP contribution in [0.3, 0.4) is 0 Å². The van der Waals surface area contributed by atoms with Crippen LogP contribution in [0.2, 0.25) is 0 Å². The molecule has 3 rings (SSSR count). The fourth-order valence-corrected chi connectivity index (χ4v) is 2.74. The molecule has 0 radical (unpaired) electrons. The van der Waals surface area contributed by atoms with Crippen LogP contribution in [-0.2, 0) is 0 Å². The molecule has 116 valence electrons. The molecule has 0 N–H and O–H groups in total. The molecular formula is C17H21N3O2. The van der Waals surface area contributed by atoms with Crippen molar-refractivity contribution in [1.82, 2.24) is 15.1 Å². The lowest BCUT2D eigenvalue weighted by Crippen LogP contribution is -2.31. The molecular weight excluding hydrogens is 278 g/mol. The number of hydrogen-bond acceptors (Lipinski definition) is 5. The predicted molar refractivity (Wildman–Crippen MR) is 84.6 cm³/mol. The van der Waals surface area contributed by atoms with Crippen LogP contribution in [0, 0.1) is 6.92 Å². The van der Waals surface area contributed by atoms with Gasteiger partial charge in [0.2, 0.25) is 11.8 Å². The number of aromatic nitrogens is 2. The van der Waals surface area contributed by atoms with Gasteiger partial charge in [0, 0.05) is 20.0 Å². The van der Waals surface area contributed by atoms with E-state index in [0.29, 0.717) is 11.8 Å². The summed E-state index contributed by atoms with van der Waals surface area (Å²) in [5, 5.41) is 8.04. The van der Waals surface area contributed by atoms with Gasteiger partial charge in [0.15, 0.2) is 0 Å². The summed E-state index contributed by atoms with van der Waals surface area (Å²) in [5.41, 5.74) is 2.65. The van der Waals surface area contributed by atoms with Gasteiger partial charge >= 0.3 is 0 Å². The van der Waals surface area contributed by atoms with E-state index in [0.717, 1.165) is 25.3 Å². The van der Waals surface area contributed by atoms with Gasteiger partial charge in [-0.25, -0.2) is 0 Å². The van der Waals surface area contributed by atoms with Crippen molar-refractivity contribution in [1.29, 1.82) is 0 Å². The van der Waals surface area contributed by atoms with E-state index in [1.807, 2.05) is 19.1 Å². The van der Waals surface area contributed by atoms with Gasteiger partial charge in [-0.15, -0.1) is 10.2 Å². The fourth-order valence-electron chi connectivity index (χ4n) is 2.74. The van der Waals surface area contributed by atoms with Crippen molar-refractivity contribution in [3.63, 3.8) is 0 Å². The van der Waals surface area contributed by atoms with Gasteiger partial charge in [0.05, 0.1) is 13.2 Å². The molecule has 0 saturated heterocycles. The summed E-state index contributed by atoms with van der Waals surface area (Å²) in [5.74, 6) is 2.20. The average Bonchev–Trinajstić information content (AvgIpc) is 3.01. The highest BCUT2D eigenvalue weighted by Gasteiger charge is 2.23. The molecule has 1 aromatic heterocycles. The largest absolute Gasteiger partial charge is 0.497 e. The van der Waals surface area contributed by atoms with Crippen LogP contribution in [0.25, 0.3) is 5.57 Å². The van der Waals surface area contributed by atoms with Gasteiger partial charge < -0.3 is 9.15 Å². The summed E-state index contributed by atoms with van der Waals surface area (Å²) in [6.45, 7) is 5.81. The first-order chi connectivity index (χ1) is 10.7. The predicted octanol–water partition coefficient (Wildman–Crippen LogP) is 3.24. The first-order valence-electron chi connectivity index (χ1n) is 7.55. The first-order valence-corrected chi connectivity index (χ1v) is 7.55. The summed E-state index contributed by atoms with van der Waals surface area (Å²) < 4.78 is 10.7. The van der Waals surface area contributed by atoms with Crippen molar-refractivity contribution < 1.29 is 9.15 Å². The minimum atomic E-state index is 0.148. The van der Waals surface area contributed by atoms with E-state index in [1.54, 1.807) is 7.11 Å². The third-order valence-electron chi connectivity index (χ3n) is 4.15. The zero-order valence-corrected chi connectivity index (χ0v) is 13.2. The summed E-state index contributed by atoms with van der Waals surface area (Å²) in [7, 11) is 1.69. The number of methoxy groups -OCH3 is 1. The molecule has 0 bridgehead atoms. The SMILES string of the molecule is COc1ccc(C2=CCN(C(C)c3nnc(C)o3)CC2)cc1. The number of benzene rings is 1. The Morgan fingerprint density at radius 1 is 1.23 bits per heavy atom. The van der Waals surface area contributed by atoms with E-state index in [9.17, 15) is 0 Å². The second-order valence-corrected chi connectivity index (χ2v) is 5.54. The third kappa shape index (κ3) is 3.04. The van der Waals surface area contributed by atoms with Crippen LogP contribution >= 0.6 is 0 Å². The van der Waals surface area contributed by atoms with Crippen LogP contribution < -0.4 is 4.74 Å². The Labute approximate surface area is 130 Å². The molecule has 2 heterocycles. The number of aryl methyl sites for hydroxylation is 1. The summed E-state index contributed by atoms with van der Waals surface area (Å²) in [6, 6.07) is 8.39. The van der Waals surface area contributed by atoms with Crippen LogP contribution in [0.5, 0.6) is 5.75 Å². The molecule has 5 heteroatoms. The average molecular weight is 299 g/mol. The van der Waals surface area contributed by atoms with Crippen LogP contribution in [-0.4, -0.2) is 35.3 Å². The quantitative estimate of drug-likeness (QED) is 0.867. The monoisotopic (exact) mass is 299 g/mol. The molecule has 0 fully saturated rings. The molecule has 2 aromatic rings. The molecule has 1 atom stereocenters. The molecule has 1 aliphatic rings. The molecule has 0 amide bonds. The van der Waals surface area contributed by atoms with E-state index < -0.39 is 0 Å². The topological polar surface area (TPSA) is 51.4 Å². The van der Waals surface area contributed by atoms with Crippen LogP contribution in [0.4, 0.5) is 0 Å². The second-order valence-electron chi connectivity index (χ2n) is 5.54. The normalized spacial score (nSPS) is 17.1. The Balaban J connectivity index is 1.68. The third-order valence-corrected chi connectivity index (χ3v) is 4.15. The zero-order chi connectivity index (χ0) is 15.5. The van der Waals surface area contributed by atoms with Crippen molar-refractivity contribution in [3.8, 4) is 5.75 Å². The molecule has 0 spiro atoms. The summed E-state index contributed by atoms with van der Waals surface area (Å²) >= 11 is 0. The fraction of sp³-hybridized carbons (Fsp3) is 0.412. The molecule has 0 aliphatic carbocycles. The van der Waals surface area contributed by atoms with E-state index in [-0.39, 0.29) is 6.04 Å². The molecule has 1 aliphatic heterocycles. The van der Waals surface area contributed by atoms with Gasteiger partial charge in [-0.1, -0.05) is 18.2 Å². The lowest BCUT2D eigenvalue weighted by atomic mass is 9.98. The standard InChI is InChI=1S/C17H21N3O2/c1-12(17-19-18-13(2)22-17)20-10-8-15(9-11-20)14-4-6-16(21-3)7-5-14/h4-8,12H,9-11H2,1-3H3. The van der Waals surface area contributed by atoms with E-state index in [1.165, 1.54) is 11.1 Å². The van der Waals surface area contributed by atoms with Crippen molar-refractivity contribution in [2.45, 2.75) is 26.3 Å². The van der Waals surface area contributed by atoms with Crippen molar-refractivity contribution >= 4 is 5.57 Å². The second kappa shape index (κ2) is 6.32. The van der Waals surface area contributed by atoms with Crippen molar-refractivity contribution in [3.05, 3.63) is 47.7 Å². The maximum Gasteiger partial charge on any atom is 0.233 e. The molecule has 22 heavy (non-hydrogen) atoms. The highest BCUT2D eigenvalue weighted by atomic mass is 16.5. The minimum absolute atomic E-state index is 0.148. The Bertz CT molecular complexity index is 661. The summed E-state index contributed by atoms with van der Waals surface area (Å²) in [6.07, 6.45) is 3.30. The van der Waals surface area contributed by atoms with Gasteiger partial charge in [-0.3, -0.25) is 4.90 Å². The maximum atomic E-state index is 5.54. The van der Waals surface area contributed by atoms with E-state index in [4.69, 9.17) is 9.15 Å². The number of ether oxygens (including phenoxy) is 1. The first kappa shape index (κ1) is 14.8.